The Balaban J connectivity index is 1.14. The molecule has 0 aliphatic carbocycles. The average Bonchev–Trinajstić information content (AvgIpc) is 3.62. The molecule has 0 spiro atoms. The van der Waals surface area contributed by atoms with Gasteiger partial charge in [0.1, 0.15) is 11.7 Å². The van der Waals surface area contributed by atoms with Crippen LogP contribution in [0.2, 0.25) is 5.02 Å². The van der Waals surface area contributed by atoms with Gasteiger partial charge in [-0.2, -0.15) is 5.10 Å². The number of piperidine rings is 1. The first-order valence-corrected chi connectivity index (χ1v) is 12.6. The second kappa shape index (κ2) is 9.55. The van der Waals surface area contributed by atoms with Crippen LogP contribution in [0.25, 0.3) is 22.4 Å². The number of carbonyl (C=O) groups excluding carboxylic acids is 1. The summed E-state index contributed by atoms with van der Waals surface area (Å²) < 4.78 is 4.87. The highest BCUT2D eigenvalue weighted by molar-refractivity contribution is 6.30. The molecule has 38 heavy (non-hydrogen) atoms. The Labute approximate surface area is 222 Å². The quantitative estimate of drug-likeness (QED) is 0.374. The monoisotopic (exact) mass is 529 g/mol. The second-order valence-electron chi connectivity index (χ2n) is 9.48. The fraction of sp³-hybridized carbons (Fsp3) is 0.222. The summed E-state index contributed by atoms with van der Waals surface area (Å²) in [6.07, 6.45) is 8.86. The lowest BCUT2D eigenvalue weighted by molar-refractivity contribution is -0.0299. The van der Waals surface area contributed by atoms with Gasteiger partial charge in [-0.15, -0.1) is 0 Å². The molecule has 1 saturated heterocycles. The molecule has 1 fully saturated rings. The molecule has 0 atom stereocenters. The molecule has 2 aromatic carbocycles. The topological polar surface area (TPSA) is 111 Å². The molecule has 6 rings (SSSR count). The van der Waals surface area contributed by atoms with Crippen LogP contribution in [0.1, 0.15) is 23.2 Å². The number of hydrogen-bond donors (Lipinski definition) is 1. The summed E-state index contributed by atoms with van der Waals surface area (Å²) in [7, 11) is 0. The Morgan fingerprint density at radius 2 is 1.71 bits per heavy atom. The van der Waals surface area contributed by atoms with Gasteiger partial charge in [-0.05, 0) is 61.4 Å². The van der Waals surface area contributed by atoms with E-state index in [2.05, 4.69) is 15.1 Å². The molecule has 1 amide bonds. The van der Waals surface area contributed by atoms with Gasteiger partial charge in [-0.25, -0.2) is 14.6 Å². The average molecular weight is 530 g/mol. The number of aliphatic hydroxyl groups is 1. The maximum Gasteiger partial charge on any atom is 0.264 e. The van der Waals surface area contributed by atoms with E-state index in [1.165, 1.54) is 17.1 Å². The maximum absolute atomic E-state index is 13.2. The SMILES string of the molecule is O=C(c1ccc(-n2ccnc2)cc1)N1CCC(O)(Cn2cnc3c(cnn3-c3ccc(Cl)cc3)c2=O)CC1. The molecule has 1 N–H and O–H groups in total. The third-order valence-electron chi connectivity index (χ3n) is 6.99. The number of halogens is 1. The van der Waals surface area contributed by atoms with Crippen molar-refractivity contribution in [1.29, 1.82) is 0 Å². The number of amides is 1. The highest BCUT2D eigenvalue weighted by atomic mass is 35.5. The fourth-order valence-electron chi connectivity index (χ4n) is 4.80. The zero-order chi connectivity index (χ0) is 26.3. The molecule has 10 nitrogen and oxygen atoms in total. The van der Waals surface area contributed by atoms with Gasteiger partial charge < -0.3 is 14.6 Å². The van der Waals surface area contributed by atoms with Crippen LogP contribution in [-0.4, -0.2) is 63.5 Å². The zero-order valence-corrected chi connectivity index (χ0v) is 21.1. The molecule has 5 aromatic rings. The third-order valence-corrected chi connectivity index (χ3v) is 7.24. The van der Waals surface area contributed by atoms with E-state index in [4.69, 9.17) is 11.6 Å². The Kier molecular flexibility index (Phi) is 6.05. The van der Waals surface area contributed by atoms with Gasteiger partial charge in [0.05, 0.1) is 30.4 Å². The minimum absolute atomic E-state index is 0.0842. The minimum Gasteiger partial charge on any atom is -0.388 e. The van der Waals surface area contributed by atoms with Crippen LogP contribution >= 0.6 is 11.6 Å². The molecule has 0 saturated carbocycles. The van der Waals surface area contributed by atoms with E-state index in [0.717, 1.165) is 11.4 Å². The smallest absolute Gasteiger partial charge is 0.264 e. The number of nitrogens with zero attached hydrogens (tertiary/aromatic N) is 7. The van der Waals surface area contributed by atoms with Crippen LogP contribution in [0, 0.1) is 0 Å². The molecule has 11 heteroatoms. The number of benzene rings is 2. The first-order valence-electron chi connectivity index (χ1n) is 12.2. The van der Waals surface area contributed by atoms with Crippen molar-refractivity contribution < 1.29 is 9.90 Å². The maximum atomic E-state index is 13.2. The minimum atomic E-state index is -1.13. The fourth-order valence-corrected chi connectivity index (χ4v) is 4.93. The van der Waals surface area contributed by atoms with E-state index in [-0.39, 0.29) is 18.0 Å². The van der Waals surface area contributed by atoms with Gasteiger partial charge in [0.15, 0.2) is 5.65 Å². The molecular weight excluding hydrogens is 506 g/mol. The zero-order valence-electron chi connectivity index (χ0n) is 20.3. The van der Waals surface area contributed by atoms with Crippen molar-refractivity contribution >= 4 is 28.5 Å². The molecule has 0 unspecified atom stereocenters. The van der Waals surface area contributed by atoms with Crippen molar-refractivity contribution in [2.75, 3.05) is 13.1 Å². The van der Waals surface area contributed by atoms with Crippen molar-refractivity contribution in [3.63, 3.8) is 0 Å². The van der Waals surface area contributed by atoms with Crippen LogP contribution in [0.3, 0.4) is 0 Å². The van der Waals surface area contributed by atoms with Gasteiger partial charge in [0.25, 0.3) is 11.5 Å². The van der Waals surface area contributed by atoms with Gasteiger partial charge in [0.2, 0.25) is 0 Å². The van der Waals surface area contributed by atoms with Crippen LogP contribution in [-0.2, 0) is 6.54 Å². The molecule has 1 aliphatic heterocycles. The van der Waals surface area contributed by atoms with Crippen molar-refractivity contribution in [3.8, 4) is 11.4 Å². The van der Waals surface area contributed by atoms with Crippen molar-refractivity contribution in [2.24, 2.45) is 0 Å². The molecule has 0 bridgehead atoms. The Morgan fingerprint density at radius 3 is 2.39 bits per heavy atom. The first-order chi connectivity index (χ1) is 18.4. The summed E-state index contributed by atoms with van der Waals surface area (Å²) in [5.74, 6) is -0.0842. The second-order valence-corrected chi connectivity index (χ2v) is 9.92. The number of imidazole rings is 1. The highest BCUT2D eigenvalue weighted by Gasteiger charge is 2.35. The van der Waals surface area contributed by atoms with E-state index >= 15 is 0 Å². The lowest BCUT2D eigenvalue weighted by Crippen LogP contribution is -2.49. The molecule has 3 aromatic heterocycles. The lowest BCUT2D eigenvalue weighted by atomic mass is 9.91. The van der Waals surface area contributed by atoms with Gasteiger partial charge >= 0.3 is 0 Å². The van der Waals surface area contributed by atoms with E-state index in [9.17, 15) is 14.7 Å². The van der Waals surface area contributed by atoms with E-state index in [0.29, 0.717) is 47.6 Å². The standard InChI is InChI=1S/C27H24ClN7O3/c28-20-3-7-22(8-4-20)35-24-23(15-31-35)26(37)34(18-30-24)16-27(38)9-12-32(13-10-27)25(36)19-1-5-21(6-2-19)33-14-11-29-17-33/h1-8,11,14-15,17-18,38H,9-10,12-13,16H2. The van der Waals surface area contributed by atoms with Crippen LogP contribution in [0.4, 0.5) is 0 Å². The van der Waals surface area contributed by atoms with Crippen molar-refractivity contribution in [3.05, 3.63) is 101 Å². The predicted molar refractivity (Wildman–Crippen MR) is 142 cm³/mol. The summed E-state index contributed by atoms with van der Waals surface area (Å²) in [6.45, 7) is 0.859. The summed E-state index contributed by atoms with van der Waals surface area (Å²) >= 11 is 5.98. The molecule has 4 heterocycles. The Morgan fingerprint density at radius 1 is 1.00 bits per heavy atom. The molecule has 192 valence electrons. The number of rotatable bonds is 5. The molecular formula is C27H24ClN7O3. The largest absolute Gasteiger partial charge is 0.388 e. The highest BCUT2D eigenvalue weighted by Crippen LogP contribution is 2.25. The van der Waals surface area contributed by atoms with Gasteiger partial charge in [-0.1, -0.05) is 11.6 Å². The third kappa shape index (κ3) is 4.48. The first kappa shape index (κ1) is 24.1. The van der Waals surface area contributed by atoms with Crippen LogP contribution < -0.4 is 5.56 Å². The summed E-state index contributed by atoms with van der Waals surface area (Å²) in [5.41, 5.74) is 1.26. The Hall–Kier alpha value is -4.28. The number of aromatic nitrogens is 6. The molecule has 1 aliphatic rings. The molecule has 0 radical (unpaired) electrons. The summed E-state index contributed by atoms with van der Waals surface area (Å²) in [4.78, 5) is 36.5. The Bertz CT molecular complexity index is 1650. The number of carbonyl (C=O) groups is 1. The van der Waals surface area contributed by atoms with Gasteiger partial charge in [-0.3, -0.25) is 14.2 Å². The summed E-state index contributed by atoms with van der Waals surface area (Å²) in [5, 5.41) is 16.6. The normalized spacial score (nSPS) is 15.2. The van der Waals surface area contributed by atoms with E-state index in [1.54, 1.807) is 58.5 Å². The van der Waals surface area contributed by atoms with Crippen LogP contribution in [0.15, 0.2) is 84.6 Å². The number of hydrogen-bond acceptors (Lipinski definition) is 6. The van der Waals surface area contributed by atoms with Crippen molar-refractivity contribution in [1.82, 2.24) is 33.8 Å². The van der Waals surface area contributed by atoms with Crippen LogP contribution in [0.5, 0.6) is 0 Å². The predicted octanol–water partition coefficient (Wildman–Crippen LogP) is 3.09. The number of fused-ring (bicyclic) bond motifs is 1. The van der Waals surface area contributed by atoms with E-state index in [1.807, 2.05) is 22.9 Å². The van der Waals surface area contributed by atoms with Gasteiger partial charge in [0, 0.05) is 41.8 Å². The summed E-state index contributed by atoms with van der Waals surface area (Å²) in [6, 6.07) is 14.4. The number of likely N-dealkylation sites (tertiary alicyclic amines) is 1. The lowest BCUT2D eigenvalue weighted by Gasteiger charge is -2.38. The van der Waals surface area contributed by atoms with Crippen molar-refractivity contribution in [2.45, 2.75) is 25.0 Å². The van der Waals surface area contributed by atoms with E-state index < -0.39 is 5.60 Å².